The number of carbonyl (C=O) groups excluding carboxylic acids is 2. The predicted octanol–water partition coefficient (Wildman–Crippen LogP) is 4.20. The third kappa shape index (κ3) is 6.01. The van der Waals surface area contributed by atoms with Gasteiger partial charge in [-0.05, 0) is 51.1 Å². The number of benzene rings is 2. The van der Waals surface area contributed by atoms with Gasteiger partial charge in [0, 0.05) is 30.2 Å². The Bertz CT molecular complexity index is 1390. The monoisotopic (exact) mass is 535 g/mol. The minimum Gasteiger partial charge on any atom is -0.616 e. The van der Waals surface area contributed by atoms with Gasteiger partial charge in [0.15, 0.2) is 11.4 Å². The van der Waals surface area contributed by atoms with Crippen LogP contribution in [0.25, 0.3) is 10.8 Å². The van der Waals surface area contributed by atoms with Gasteiger partial charge < -0.3 is 24.4 Å². The van der Waals surface area contributed by atoms with Gasteiger partial charge >= 0.3 is 5.97 Å². The average molecular weight is 536 g/mol. The zero-order valence-corrected chi connectivity index (χ0v) is 22.3. The van der Waals surface area contributed by atoms with E-state index in [1.165, 1.54) is 0 Å². The molecule has 0 bridgehead atoms. The van der Waals surface area contributed by atoms with Crippen molar-refractivity contribution < 1.29 is 28.7 Å². The number of amides is 1. The maximum atomic E-state index is 13.2. The summed E-state index contributed by atoms with van der Waals surface area (Å²) in [6.07, 6.45) is 0.582. The number of para-hydroxylation sites is 1. The summed E-state index contributed by atoms with van der Waals surface area (Å²) >= 11 is -1.03. The van der Waals surface area contributed by atoms with Gasteiger partial charge in [0.25, 0.3) is 5.91 Å². The van der Waals surface area contributed by atoms with Crippen LogP contribution >= 0.6 is 0 Å². The molecule has 3 aromatic rings. The van der Waals surface area contributed by atoms with Crippen LogP contribution in [0.5, 0.6) is 17.2 Å². The molecule has 2 heterocycles. The number of rotatable bonds is 6. The molecule has 198 valence electrons. The molecule has 1 aromatic heterocycles. The fourth-order valence-electron chi connectivity index (χ4n) is 4.23. The number of pyridine rings is 1. The van der Waals surface area contributed by atoms with Crippen molar-refractivity contribution in [1.82, 2.24) is 10.3 Å². The molecule has 10 heteroatoms. The number of nitriles is 1. The Kier molecular flexibility index (Phi) is 7.81. The zero-order valence-electron chi connectivity index (χ0n) is 21.4. The van der Waals surface area contributed by atoms with E-state index in [-0.39, 0.29) is 29.1 Å². The third-order valence-electron chi connectivity index (χ3n) is 6.28. The minimum atomic E-state index is -1.05. The number of aromatic nitrogens is 1. The first-order valence-electron chi connectivity index (χ1n) is 12.2. The smallest absolute Gasteiger partial charge is 0.314 e. The Hall–Kier alpha value is -3.81. The minimum absolute atomic E-state index is 0.0589. The summed E-state index contributed by atoms with van der Waals surface area (Å²) in [5, 5.41) is 23.9. The van der Waals surface area contributed by atoms with E-state index in [4.69, 9.17) is 9.47 Å². The van der Waals surface area contributed by atoms with Crippen LogP contribution in [0, 0.1) is 16.7 Å². The van der Waals surface area contributed by atoms with E-state index in [0.717, 1.165) is 0 Å². The maximum absolute atomic E-state index is 13.2. The van der Waals surface area contributed by atoms with Crippen LogP contribution in [-0.2, 0) is 20.7 Å². The maximum Gasteiger partial charge on any atom is 0.314 e. The molecule has 9 nitrogen and oxygen atoms in total. The van der Waals surface area contributed by atoms with E-state index in [0.29, 0.717) is 41.2 Å². The van der Waals surface area contributed by atoms with Crippen molar-refractivity contribution in [2.24, 2.45) is 5.41 Å². The van der Waals surface area contributed by atoms with E-state index >= 15 is 0 Å². The number of hydrogen-bond donors (Lipinski definition) is 2. The molecular weight excluding hydrogens is 506 g/mol. The van der Waals surface area contributed by atoms with Gasteiger partial charge in [0.1, 0.15) is 40.4 Å². The highest BCUT2D eigenvalue weighted by atomic mass is 32.2. The van der Waals surface area contributed by atoms with E-state index in [1.807, 2.05) is 24.3 Å². The number of nitrogens with zero attached hydrogens (tertiary/aromatic N) is 2. The van der Waals surface area contributed by atoms with E-state index < -0.39 is 34.1 Å². The molecule has 0 radical (unpaired) electrons. The fraction of sp³-hybridized carbons (Fsp3) is 0.357. The number of hydrogen-bond acceptors (Lipinski definition) is 8. The van der Waals surface area contributed by atoms with Crippen LogP contribution in [0.15, 0.2) is 48.5 Å². The first-order valence-corrected chi connectivity index (χ1v) is 13.7. The van der Waals surface area contributed by atoms with Crippen molar-refractivity contribution in [2.45, 2.75) is 39.2 Å². The van der Waals surface area contributed by atoms with Crippen LogP contribution in [-0.4, -0.2) is 50.2 Å². The number of ether oxygens (including phenoxy) is 2. The van der Waals surface area contributed by atoms with Crippen LogP contribution in [0.2, 0.25) is 0 Å². The second-order valence-electron chi connectivity index (χ2n) is 10.2. The number of nitrogens with one attached hydrogen (secondary N) is 1. The summed E-state index contributed by atoms with van der Waals surface area (Å²) in [4.78, 5) is 30.4. The molecule has 0 aliphatic carbocycles. The Morgan fingerprint density at radius 1 is 1.13 bits per heavy atom. The molecule has 1 saturated heterocycles. The van der Waals surface area contributed by atoms with Crippen LogP contribution in [0.3, 0.4) is 0 Å². The SMILES string of the molecule is CC(C)(C)OC(=O)C1(CNC(=O)c2nc(C#N)c3cc(Oc4ccccc4)ccc3c2O)CC[S+]([O-])CC1. The predicted molar refractivity (Wildman–Crippen MR) is 142 cm³/mol. The summed E-state index contributed by atoms with van der Waals surface area (Å²) < 4.78 is 23.4. The Balaban J connectivity index is 1.60. The molecule has 0 atom stereocenters. The van der Waals surface area contributed by atoms with E-state index in [9.17, 15) is 24.5 Å². The zero-order chi connectivity index (χ0) is 27.5. The quantitative estimate of drug-likeness (QED) is 0.353. The van der Waals surface area contributed by atoms with E-state index in [1.54, 1.807) is 51.1 Å². The summed E-state index contributed by atoms with van der Waals surface area (Å²) in [5.41, 5.74) is -2.17. The Morgan fingerprint density at radius 2 is 1.82 bits per heavy atom. The lowest BCUT2D eigenvalue weighted by atomic mass is 9.81. The molecule has 2 aromatic carbocycles. The number of carbonyl (C=O) groups is 2. The number of esters is 1. The molecule has 1 aliphatic rings. The summed E-state index contributed by atoms with van der Waals surface area (Å²) in [5.74, 6) is 0.0816. The first kappa shape index (κ1) is 27.2. The van der Waals surface area contributed by atoms with Gasteiger partial charge in [-0.2, -0.15) is 5.26 Å². The Labute approximate surface area is 224 Å². The normalized spacial score (nSPS) is 19.4. The highest BCUT2D eigenvalue weighted by Gasteiger charge is 2.46. The molecule has 1 aliphatic heterocycles. The van der Waals surface area contributed by atoms with Crippen LogP contribution in [0.1, 0.15) is 49.8 Å². The second-order valence-corrected chi connectivity index (χ2v) is 11.9. The van der Waals surface area contributed by atoms with Gasteiger partial charge in [-0.1, -0.05) is 29.4 Å². The van der Waals surface area contributed by atoms with Gasteiger partial charge in [-0.25, -0.2) is 4.98 Å². The summed E-state index contributed by atoms with van der Waals surface area (Å²) in [7, 11) is 0. The third-order valence-corrected chi connectivity index (χ3v) is 7.60. The standard InChI is InChI=1S/C28H29N3O6S/c1-27(2,3)37-26(34)28(11-13-38(35)14-12-28)17-30-25(33)23-24(32)20-10-9-19(15-21(20)22(16-29)31-23)36-18-7-5-4-6-8-18/h4-10,15,32H,11-14,17H2,1-3H3,(H,30,33). The Morgan fingerprint density at radius 3 is 2.45 bits per heavy atom. The highest BCUT2D eigenvalue weighted by molar-refractivity contribution is 7.91. The molecule has 4 rings (SSSR count). The van der Waals surface area contributed by atoms with E-state index in [2.05, 4.69) is 10.3 Å². The van der Waals surface area contributed by atoms with Crippen LogP contribution in [0.4, 0.5) is 0 Å². The van der Waals surface area contributed by atoms with Crippen molar-refractivity contribution in [3.05, 3.63) is 59.9 Å². The van der Waals surface area contributed by atoms with Crippen molar-refractivity contribution in [3.8, 4) is 23.3 Å². The summed E-state index contributed by atoms with van der Waals surface area (Å²) in [6.45, 7) is 5.20. The fourth-order valence-corrected chi connectivity index (χ4v) is 5.67. The molecule has 38 heavy (non-hydrogen) atoms. The highest BCUT2D eigenvalue weighted by Crippen LogP contribution is 2.36. The summed E-state index contributed by atoms with van der Waals surface area (Å²) in [6, 6.07) is 15.8. The second kappa shape index (κ2) is 10.9. The van der Waals surface area contributed by atoms with Gasteiger partial charge in [0.05, 0.1) is 5.41 Å². The lowest BCUT2D eigenvalue weighted by Gasteiger charge is -2.37. The first-order chi connectivity index (χ1) is 18.0. The molecule has 2 N–H and O–H groups in total. The average Bonchev–Trinajstić information content (AvgIpc) is 2.88. The van der Waals surface area contributed by atoms with Gasteiger partial charge in [-0.15, -0.1) is 0 Å². The van der Waals surface area contributed by atoms with Gasteiger partial charge in [0.2, 0.25) is 0 Å². The van der Waals surface area contributed by atoms with Crippen molar-refractivity contribution in [2.75, 3.05) is 18.1 Å². The van der Waals surface area contributed by atoms with Crippen LogP contribution < -0.4 is 10.1 Å². The molecule has 1 amide bonds. The topological polar surface area (TPSA) is 145 Å². The van der Waals surface area contributed by atoms with Crippen molar-refractivity contribution in [3.63, 3.8) is 0 Å². The van der Waals surface area contributed by atoms with Gasteiger partial charge in [-0.3, -0.25) is 9.59 Å². The number of aromatic hydroxyl groups is 1. The molecule has 0 saturated carbocycles. The molecule has 0 spiro atoms. The van der Waals surface area contributed by atoms with Crippen molar-refractivity contribution in [1.29, 1.82) is 5.26 Å². The largest absolute Gasteiger partial charge is 0.616 e. The lowest BCUT2D eigenvalue weighted by molar-refractivity contribution is -0.168. The molecular formula is C28H29N3O6S. The number of fused-ring (bicyclic) bond motifs is 1. The van der Waals surface area contributed by atoms with Crippen molar-refractivity contribution >= 4 is 33.8 Å². The molecule has 0 unspecified atom stereocenters. The molecule has 1 fully saturated rings. The lowest BCUT2D eigenvalue weighted by Crippen LogP contribution is -2.50.